The van der Waals surface area contributed by atoms with E-state index in [2.05, 4.69) is 55.8 Å². The molecule has 1 fully saturated rings. The lowest BCUT2D eigenvalue weighted by Crippen LogP contribution is -2.42. The van der Waals surface area contributed by atoms with Crippen molar-refractivity contribution in [3.63, 3.8) is 0 Å². The van der Waals surface area contributed by atoms with E-state index < -0.39 is 0 Å². The van der Waals surface area contributed by atoms with Crippen LogP contribution in [0.3, 0.4) is 0 Å². The molecule has 1 aliphatic rings. The summed E-state index contributed by atoms with van der Waals surface area (Å²) in [6.07, 6.45) is 10.3. The standard InChI is InChI=1S/C17H31N3/c1-6-7-16-19-10-11-20(16)15-12-13(17(2,3)4)8-9-14(15)18-5/h10-11,13-15,18H,6-9,12H2,1-5H3. The first-order valence-corrected chi connectivity index (χ1v) is 8.16. The predicted octanol–water partition coefficient (Wildman–Crippen LogP) is 3.81. The highest BCUT2D eigenvalue weighted by Crippen LogP contribution is 2.42. The van der Waals surface area contributed by atoms with E-state index in [4.69, 9.17) is 0 Å². The molecule has 3 nitrogen and oxygen atoms in total. The predicted molar refractivity (Wildman–Crippen MR) is 84.9 cm³/mol. The fourth-order valence-electron chi connectivity index (χ4n) is 3.64. The summed E-state index contributed by atoms with van der Waals surface area (Å²) in [6.45, 7) is 9.38. The Labute approximate surface area is 124 Å². The van der Waals surface area contributed by atoms with Gasteiger partial charge in [-0.2, -0.15) is 0 Å². The van der Waals surface area contributed by atoms with E-state index in [-0.39, 0.29) is 0 Å². The molecule has 0 amide bonds. The van der Waals surface area contributed by atoms with Crippen LogP contribution in [0.5, 0.6) is 0 Å². The molecule has 1 saturated carbocycles. The molecule has 1 aromatic rings. The maximum absolute atomic E-state index is 4.57. The number of nitrogens with one attached hydrogen (secondary N) is 1. The highest BCUT2D eigenvalue weighted by molar-refractivity contribution is 5.01. The number of nitrogens with zero attached hydrogens (tertiary/aromatic N) is 2. The van der Waals surface area contributed by atoms with Crippen LogP contribution in [0.1, 0.15) is 65.2 Å². The Balaban J connectivity index is 2.22. The van der Waals surface area contributed by atoms with Gasteiger partial charge in [-0.3, -0.25) is 0 Å². The third-order valence-corrected chi connectivity index (χ3v) is 4.99. The Hall–Kier alpha value is -0.830. The maximum atomic E-state index is 4.57. The van der Waals surface area contributed by atoms with Crippen molar-refractivity contribution in [3.8, 4) is 0 Å². The second-order valence-corrected chi connectivity index (χ2v) is 7.34. The lowest BCUT2D eigenvalue weighted by molar-refractivity contribution is 0.119. The Kier molecular flexibility index (Phi) is 4.90. The second-order valence-electron chi connectivity index (χ2n) is 7.34. The third kappa shape index (κ3) is 3.25. The van der Waals surface area contributed by atoms with Gasteiger partial charge in [0, 0.05) is 24.9 Å². The SMILES string of the molecule is CCCc1nccn1C1CC(C(C)(C)C)CCC1NC. The lowest BCUT2D eigenvalue weighted by Gasteiger charge is -2.42. The monoisotopic (exact) mass is 277 g/mol. The minimum absolute atomic E-state index is 0.405. The van der Waals surface area contributed by atoms with Gasteiger partial charge >= 0.3 is 0 Å². The normalized spacial score (nSPS) is 27.8. The van der Waals surface area contributed by atoms with Crippen LogP contribution >= 0.6 is 0 Å². The van der Waals surface area contributed by atoms with Crippen molar-refractivity contribution in [1.29, 1.82) is 0 Å². The van der Waals surface area contributed by atoms with Crippen LogP contribution in [-0.2, 0) is 6.42 Å². The first kappa shape index (κ1) is 15.6. The van der Waals surface area contributed by atoms with Crippen molar-refractivity contribution in [2.45, 2.75) is 71.9 Å². The maximum Gasteiger partial charge on any atom is 0.108 e. The number of likely N-dealkylation sites (N-methyl/N-ethyl adjacent to an activating group) is 1. The van der Waals surface area contributed by atoms with Gasteiger partial charge in [-0.1, -0.05) is 27.7 Å². The number of imidazole rings is 1. The van der Waals surface area contributed by atoms with Crippen molar-refractivity contribution in [2.75, 3.05) is 7.05 Å². The van der Waals surface area contributed by atoms with Crippen LogP contribution in [0.2, 0.25) is 0 Å². The molecule has 0 bridgehead atoms. The van der Waals surface area contributed by atoms with Crippen LogP contribution < -0.4 is 5.32 Å². The zero-order chi connectivity index (χ0) is 14.8. The molecule has 0 aromatic carbocycles. The first-order chi connectivity index (χ1) is 9.47. The van der Waals surface area contributed by atoms with E-state index in [1.54, 1.807) is 0 Å². The van der Waals surface area contributed by atoms with E-state index in [0.29, 0.717) is 17.5 Å². The molecule has 1 aliphatic carbocycles. The highest BCUT2D eigenvalue weighted by Gasteiger charge is 2.36. The van der Waals surface area contributed by atoms with Gasteiger partial charge in [0.05, 0.1) is 6.04 Å². The summed E-state index contributed by atoms with van der Waals surface area (Å²) in [5.74, 6) is 2.06. The Morgan fingerprint density at radius 3 is 2.70 bits per heavy atom. The third-order valence-electron chi connectivity index (χ3n) is 4.99. The van der Waals surface area contributed by atoms with E-state index in [9.17, 15) is 0 Å². The molecule has 0 saturated heterocycles. The quantitative estimate of drug-likeness (QED) is 0.907. The largest absolute Gasteiger partial charge is 0.330 e. The van der Waals surface area contributed by atoms with Gasteiger partial charge in [0.1, 0.15) is 5.82 Å². The molecule has 1 N–H and O–H groups in total. The van der Waals surface area contributed by atoms with Gasteiger partial charge in [0.25, 0.3) is 0 Å². The minimum atomic E-state index is 0.405. The summed E-state index contributed by atoms with van der Waals surface area (Å²) in [7, 11) is 2.10. The summed E-state index contributed by atoms with van der Waals surface area (Å²) >= 11 is 0. The average Bonchev–Trinajstić information content (AvgIpc) is 2.85. The highest BCUT2D eigenvalue weighted by atomic mass is 15.1. The van der Waals surface area contributed by atoms with Crippen LogP contribution in [0.15, 0.2) is 12.4 Å². The lowest BCUT2D eigenvalue weighted by atomic mass is 9.69. The molecular formula is C17H31N3. The van der Waals surface area contributed by atoms with E-state index in [1.165, 1.54) is 25.1 Å². The molecule has 1 heterocycles. The molecular weight excluding hydrogens is 246 g/mol. The minimum Gasteiger partial charge on any atom is -0.330 e. The molecule has 0 spiro atoms. The summed E-state index contributed by atoms with van der Waals surface area (Å²) < 4.78 is 2.45. The number of aromatic nitrogens is 2. The van der Waals surface area contributed by atoms with Crippen molar-refractivity contribution >= 4 is 0 Å². The fourth-order valence-corrected chi connectivity index (χ4v) is 3.64. The van der Waals surface area contributed by atoms with Crippen molar-refractivity contribution < 1.29 is 0 Å². The Morgan fingerprint density at radius 2 is 2.10 bits per heavy atom. The fraction of sp³-hybridized carbons (Fsp3) is 0.824. The molecule has 1 aromatic heterocycles. The van der Waals surface area contributed by atoms with Gasteiger partial charge in [-0.25, -0.2) is 4.98 Å². The van der Waals surface area contributed by atoms with Gasteiger partial charge in [-0.05, 0) is 44.1 Å². The van der Waals surface area contributed by atoms with Gasteiger partial charge in [-0.15, -0.1) is 0 Å². The number of rotatable bonds is 4. The number of aryl methyl sites for hydroxylation is 1. The zero-order valence-electron chi connectivity index (χ0n) is 13.8. The summed E-state index contributed by atoms with van der Waals surface area (Å²) in [6, 6.07) is 1.14. The molecule has 20 heavy (non-hydrogen) atoms. The first-order valence-electron chi connectivity index (χ1n) is 8.16. The molecule has 3 atom stereocenters. The van der Waals surface area contributed by atoms with E-state index in [0.717, 1.165) is 18.8 Å². The molecule has 3 heteroatoms. The van der Waals surface area contributed by atoms with E-state index >= 15 is 0 Å². The molecule has 0 aliphatic heterocycles. The van der Waals surface area contributed by atoms with Gasteiger partial charge in [0.2, 0.25) is 0 Å². The topological polar surface area (TPSA) is 29.9 Å². The van der Waals surface area contributed by atoms with E-state index in [1.807, 2.05) is 6.20 Å². The van der Waals surface area contributed by atoms with Crippen molar-refractivity contribution in [3.05, 3.63) is 18.2 Å². The Morgan fingerprint density at radius 1 is 1.35 bits per heavy atom. The van der Waals surface area contributed by atoms with Crippen LogP contribution in [0.25, 0.3) is 0 Å². The Bertz CT molecular complexity index is 416. The molecule has 0 radical (unpaired) electrons. The summed E-state index contributed by atoms with van der Waals surface area (Å²) in [5.41, 5.74) is 0.405. The summed E-state index contributed by atoms with van der Waals surface area (Å²) in [4.78, 5) is 4.57. The van der Waals surface area contributed by atoms with Crippen LogP contribution in [-0.4, -0.2) is 22.6 Å². The second kappa shape index (κ2) is 6.30. The van der Waals surface area contributed by atoms with Crippen LogP contribution in [0.4, 0.5) is 0 Å². The number of hydrogen-bond donors (Lipinski definition) is 1. The molecule has 114 valence electrons. The van der Waals surface area contributed by atoms with Crippen molar-refractivity contribution in [1.82, 2.24) is 14.9 Å². The van der Waals surface area contributed by atoms with Crippen LogP contribution in [0, 0.1) is 11.3 Å². The molecule has 2 rings (SSSR count). The smallest absolute Gasteiger partial charge is 0.108 e. The molecule has 3 unspecified atom stereocenters. The zero-order valence-corrected chi connectivity index (χ0v) is 13.8. The summed E-state index contributed by atoms with van der Waals surface area (Å²) in [5, 5.41) is 3.53. The van der Waals surface area contributed by atoms with Gasteiger partial charge < -0.3 is 9.88 Å². The van der Waals surface area contributed by atoms with Crippen molar-refractivity contribution in [2.24, 2.45) is 11.3 Å². The average molecular weight is 277 g/mol. The number of hydrogen-bond acceptors (Lipinski definition) is 2. The van der Waals surface area contributed by atoms with Gasteiger partial charge in [0.15, 0.2) is 0 Å².